The Morgan fingerprint density at radius 1 is 1.35 bits per heavy atom. The molecule has 1 saturated carbocycles. The molecule has 2 aromatic heterocycles. The summed E-state index contributed by atoms with van der Waals surface area (Å²) in [5.74, 6) is 1.21. The van der Waals surface area contributed by atoms with Crippen LogP contribution in [0.5, 0.6) is 5.75 Å². The summed E-state index contributed by atoms with van der Waals surface area (Å²) in [6.07, 6.45) is 6.61. The fraction of sp³-hybridized carbons (Fsp3) is 0.500. The Morgan fingerprint density at radius 3 is 3.00 bits per heavy atom. The minimum atomic E-state index is 0.229. The van der Waals surface area contributed by atoms with Gasteiger partial charge in [-0.1, -0.05) is 11.6 Å². The largest absolute Gasteiger partial charge is 0.486 e. The third-order valence-corrected chi connectivity index (χ3v) is 4.62. The molecule has 1 aliphatic carbocycles. The van der Waals surface area contributed by atoms with E-state index in [9.17, 15) is 4.79 Å². The third kappa shape index (κ3) is 2.78. The van der Waals surface area contributed by atoms with Crippen LogP contribution in [-0.2, 0) is 24.5 Å². The first-order valence-corrected chi connectivity index (χ1v) is 8.04. The monoisotopic (exact) mass is 313 g/mol. The number of rotatable bonds is 4. The van der Waals surface area contributed by atoms with E-state index in [0.717, 1.165) is 24.2 Å². The molecule has 0 spiro atoms. The minimum absolute atomic E-state index is 0.229. The molecule has 1 amide bonds. The van der Waals surface area contributed by atoms with Crippen LogP contribution in [0.15, 0.2) is 24.5 Å². The van der Waals surface area contributed by atoms with Crippen LogP contribution in [0.1, 0.15) is 30.7 Å². The third-order valence-electron chi connectivity index (χ3n) is 4.62. The van der Waals surface area contributed by atoms with Gasteiger partial charge in [-0.3, -0.25) is 9.78 Å². The molecule has 0 bridgehead atoms. The number of hydrogen-bond donors (Lipinski definition) is 0. The van der Waals surface area contributed by atoms with Crippen molar-refractivity contribution in [2.45, 2.75) is 39.0 Å². The fourth-order valence-electron chi connectivity index (χ4n) is 2.99. The zero-order valence-electron chi connectivity index (χ0n) is 12.9. The van der Waals surface area contributed by atoms with Gasteiger partial charge in [0.25, 0.3) is 0 Å². The Bertz CT molecular complexity index is 696. The lowest BCUT2D eigenvalue weighted by Crippen LogP contribution is -2.43. The van der Waals surface area contributed by atoms with Crippen LogP contribution in [-0.4, -0.2) is 37.3 Å². The van der Waals surface area contributed by atoms with Gasteiger partial charge in [0.05, 0.1) is 25.0 Å². The van der Waals surface area contributed by atoms with Crippen molar-refractivity contribution in [3.05, 3.63) is 35.9 Å². The number of carbonyl (C=O) groups excluding carboxylic acids is 1. The summed E-state index contributed by atoms with van der Waals surface area (Å²) in [6.45, 7) is 2.34. The molecule has 2 aromatic rings. The number of pyridine rings is 1. The molecule has 0 saturated heterocycles. The summed E-state index contributed by atoms with van der Waals surface area (Å²) in [5, 5.41) is 8.39. The number of fused-ring (bicyclic) bond motifs is 1. The molecular weight excluding hydrogens is 294 g/mol. The molecule has 0 radical (unpaired) electrons. The molecule has 1 fully saturated rings. The molecule has 0 aromatic carbocycles. The van der Waals surface area contributed by atoms with Crippen LogP contribution in [0.4, 0.5) is 0 Å². The molecule has 23 heavy (non-hydrogen) atoms. The van der Waals surface area contributed by atoms with Crippen LogP contribution >= 0.6 is 0 Å². The van der Waals surface area contributed by atoms with E-state index < -0.39 is 0 Å². The summed E-state index contributed by atoms with van der Waals surface area (Å²) in [5.41, 5.74) is 1.77. The maximum absolute atomic E-state index is 12.4. The summed E-state index contributed by atoms with van der Waals surface area (Å²) < 4.78 is 7.59. The van der Waals surface area contributed by atoms with Gasteiger partial charge in [0, 0.05) is 18.7 Å². The number of nitrogens with zero attached hydrogens (tertiary/aromatic N) is 5. The standard InChI is InChI=1S/C16H19N5O2/c22-16(12-3-1-4-12)20-7-8-21-15(10-20)14(18-19-21)11-23-13-5-2-6-17-9-13/h2,5-6,9,12H,1,3-4,7-8,10-11H2. The molecule has 0 unspecified atom stereocenters. The Balaban J connectivity index is 1.45. The number of aromatic nitrogens is 4. The van der Waals surface area contributed by atoms with E-state index in [1.54, 1.807) is 12.4 Å². The Morgan fingerprint density at radius 2 is 2.26 bits per heavy atom. The van der Waals surface area contributed by atoms with Gasteiger partial charge < -0.3 is 9.64 Å². The second kappa shape index (κ2) is 5.98. The van der Waals surface area contributed by atoms with Crippen LogP contribution in [0, 0.1) is 5.92 Å². The lowest BCUT2D eigenvalue weighted by atomic mass is 9.84. The molecule has 7 nitrogen and oxygen atoms in total. The van der Waals surface area contributed by atoms with Crippen molar-refractivity contribution >= 4 is 5.91 Å². The molecule has 7 heteroatoms. The van der Waals surface area contributed by atoms with Gasteiger partial charge in [-0.05, 0) is 25.0 Å². The quantitative estimate of drug-likeness (QED) is 0.853. The predicted molar refractivity (Wildman–Crippen MR) is 81.3 cm³/mol. The number of carbonyl (C=O) groups is 1. The minimum Gasteiger partial charge on any atom is -0.486 e. The van der Waals surface area contributed by atoms with Gasteiger partial charge in [0.1, 0.15) is 18.1 Å². The van der Waals surface area contributed by atoms with Gasteiger partial charge in [0.15, 0.2) is 0 Å². The fourth-order valence-corrected chi connectivity index (χ4v) is 2.99. The lowest BCUT2D eigenvalue weighted by molar-refractivity contribution is -0.139. The van der Waals surface area contributed by atoms with Crippen molar-refractivity contribution in [3.63, 3.8) is 0 Å². The summed E-state index contributed by atoms with van der Waals surface area (Å²) >= 11 is 0. The summed E-state index contributed by atoms with van der Waals surface area (Å²) in [6, 6.07) is 3.69. The average Bonchev–Trinajstić information content (AvgIpc) is 2.94. The normalized spacial score (nSPS) is 17.5. The lowest BCUT2D eigenvalue weighted by Gasteiger charge is -2.34. The van der Waals surface area contributed by atoms with Gasteiger partial charge in [0.2, 0.25) is 5.91 Å². The molecule has 0 N–H and O–H groups in total. The second-order valence-corrected chi connectivity index (χ2v) is 6.07. The highest BCUT2D eigenvalue weighted by Gasteiger charge is 2.32. The van der Waals surface area contributed by atoms with Gasteiger partial charge in [-0.2, -0.15) is 0 Å². The Hall–Kier alpha value is -2.44. The molecular formula is C16H19N5O2. The predicted octanol–water partition coefficient (Wildman–Crippen LogP) is 1.39. The zero-order chi connectivity index (χ0) is 15.6. The first kappa shape index (κ1) is 14.2. The smallest absolute Gasteiger partial charge is 0.226 e. The van der Waals surface area contributed by atoms with E-state index >= 15 is 0 Å². The number of amides is 1. The molecule has 4 rings (SSSR count). The maximum Gasteiger partial charge on any atom is 0.226 e. The van der Waals surface area contributed by atoms with Gasteiger partial charge in [-0.15, -0.1) is 5.10 Å². The molecule has 3 heterocycles. The van der Waals surface area contributed by atoms with E-state index in [2.05, 4.69) is 15.3 Å². The summed E-state index contributed by atoms with van der Waals surface area (Å²) in [7, 11) is 0. The Labute approximate surface area is 134 Å². The second-order valence-electron chi connectivity index (χ2n) is 6.07. The summed E-state index contributed by atoms with van der Waals surface area (Å²) in [4.78, 5) is 18.4. The molecule has 0 atom stereocenters. The van der Waals surface area contributed by atoms with Crippen molar-refractivity contribution in [1.82, 2.24) is 24.9 Å². The molecule has 2 aliphatic rings. The van der Waals surface area contributed by atoms with Crippen molar-refractivity contribution in [2.24, 2.45) is 5.92 Å². The van der Waals surface area contributed by atoms with Crippen molar-refractivity contribution in [1.29, 1.82) is 0 Å². The highest BCUT2D eigenvalue weighted by Crippen LogP contribution is 2.29. The van der Waals surface area contributed by atoms with Crippen molar-refractivity contribution < 1.29 is 9.53 Å². The van der Waals surface area contributed by atoms with E-state index in [0.29, 0.717) is 32.0 Å². The van der Waals surface area contributed by atoms with Gasteiger partial charge in [-0.25, -0.2) is 4.68 Å². The van der Waals surface area contributed by atoms with E-state index in [-0.39, 0.29) is 11.8 Å². The zero-order valence-corrected chi connectivity index (χ0v) is 12.9. The van der Waals surface area contributed by atoms with Crippen molar-refractivity contribution in [3.8, 4) is 5.75 Å². The number of ether oxygens (including phenoxy) is 1. The van der Waals surface area contributed by atoms with Crippen LogP contribution in [0.2, 0.25) is 0 Å². The van der Waals surface area contributed by atoms with Crippen molar-refractivity contribution in [2.75, 3.05) is 6.54 Å². The Kier molecular flexibility index (Phi) is 3.69. The van der Waals surface area contributed by atoms with E-state index in [4.69, 9.17) is 4.74 Å². The first-order chi connectivity index (χ1) is 11.3. The van der Waals surface area contributed by atoms with Gasteiger partial charge >= 0.3 is 0 Å². The SMILES string of the molecule is O=C(C1CCC1)N1CCn2nnc(COc3cccnc3)c2C1. The number of hydrogen-bond acceptors (Lipinski definition) is 5. The molecule has 1 aliphatic heterocycles. The first-order valence-electron chi connectivity index (χ1n) is 8.04. The highest BCUT2D eigenvalue weighted by molar-refractivity contribution is 5.79. The van der Waals surface area contributed by atoms with Crippen LogP contribution in [0.3, 0.4) is 0 Å². The van der Waals surface area contributed by atoms with E-state index in [1.807, 2.05) is 21.7 Å². The topological polar surface area (TPSA) is 73.1 Å². The molecule has 120 valence electrons. The van der Waals surface area contributed by atoms with Crippen LogP contribution < -0.4 is 4.74 Å². The average molecular weight is 313 g/mol. The highest BCUT2D eigenvalue weighted by atomic mass is 16.5. The van der Waals surface area contributed by atoms with Crippen LogP contribution in [0.25, 0.3) is 0 Å². The maximum atomic E-state index is 12.4. The van der Waals surface area contributed by atoms with E-state index in [1.165, 1.54) is 6.42 Å².